The number of aromatic amines is 1. The van der Waals surface area contributed by atoms with E-state index in [1.54, 1.807) is 0 Å². The van der Waals surface area contributed by atoms with Gasteiger partial charge in [-0.2, -0.15) is 0 Å². The molecule has 3 aromatic rings. The molecule has 2 aromatic carbocycles. The fourth-order valence-electron chi connectivity index (χ4n) is 3.03. The average molecular weight is 308 g/mol. The lowest BCUT2D eigenvalue weighted by molar-refractivity contribution is -0.481. The van der Waals surface area contributed by atoms with Crippen molar-refractivity contribution in [3.63, 3.8) is 0 Å². The van der Waals surface area contributed by atoms with E-state index in [0.29, 0.717) is 5.92 Å². The molecule has 0 aliphatic rings. The number of nitrogens with one attached hydrogen (secondary N) is 1. The first-order valence-electron chi connectivity index (χ1n) is 7.84. The van der Waals surface area contributed by atoms with E-state index < -0.39 is 0 Å². The standard InChI is InChI=1S/C19H20N2O2/c1-13(2)14-7-9-15(10-8-14)18(12-21(22)23)17-11-20-19-6-4-3-5-16(17)19/h3-11,13,18,20H,12H2,1-2H3/t18-/m0/s1. The van der Waals surface area contributed by atoms with Crippen molar-refractivity contribution in [1.82, 2.24) is 4.98 Å². The Hall–Kier alpha value is -2.62. The maximum atomic E-state index is 11.2. The van der Waals surface area contributed by atoms with Crippen LogP contribution >= 0.6 is 0 Å². The normalized spacial score (nSPS) is 12.7. The van der Waals surface area contributed by atoms with Crippen molar-refractivity contribution >= 4 is 10.9 Å². The number of para-hydroxylation sites is 1. The predicted octanol–water partition coefficient (Wildman–Crippen LogP) is 4.70. The van der Waals surface area contributed by atoms with Gasteiger partial charge in [-0.3, -0.25) is 10.1 Å². The third-order valence-electron chi connectivity index (χ3n) is 4.33. The molecular formula is C19H20N2O2. The molecule has 0 saturated carbocycles. The van der Waals surface area contributed by atoms with E-state index in [2.05, 4.69) is 31.0 Å². The fraction of sp³-hybridized carbons (Fsp3) is 0.263. The lowest BCUT2D eigenvalue weighted by atomic mass is 9.89. The second-order valence-corrected chi connectivity index (χ2v) is 6.18. The van der Waals surface area contributed by atoms with Crippen molar-refractivity contribution in [3.8, 4) is 0 Å². The highest BCUT2D eigenvalue weighted by Gasteiger charge is 2.23. The maximum Gasteiger partial charge on any atom is 0.214 e. The van der Waals surface area contributed by atoms with Crippen molar-refractivity contribution in [1.29, 1.82) is 0 Å². The van der Waals surface area contributed by atoms with Gasteiger partial charge in [-0.05, 0) is 28.7 Å². The summed E-state index contributed by atoms with van der Waals surface area (Å²) < 4.78 is 0. The van der Waals surface area contributed by atoms with Crippen LogP contribution in [-0.4, -0.2) is 16.5 Å². The van der Waals surface area contributed by atoms with Gasteiger partial charge in [0, 0.05) is 22.0 Å². The molecule has 23 heavy (non-hydrogen) atoms. The van der Waals surface area contributed by atoms with Crippen LogP contribution in [0.1, 0.15) is 42.4 Å². The van der Waals surface area contributed by atoms with Gasteiger partial charge in [-0.25, -0.2) is 0 Å². The Bertz CT molecular complexity index is 819. The number of benzene rings is 2. The smallest absolute Gasteiger partial charge is 0.214 e. The van der Waals surface area contributed by atoms with E-state index in [9.17, 15) is 10.1 Å². The third kappa shape index (κ3) is 3.11. The molecule has 1 heterocycles. The van der Waals surface area contributed by atoms with Crippen molar-refractivity contribution in [2.45, 2.75) is 25.7 Å². The van der Waals surface area contributed by atoms with Gasteiger partial charge in [-0.1, -0.05) is 56.3 Å². The molecule has 4 heteroatoms. The largest absolute Gasteiger partial charge is 0.361 e. The summed E-state index contributed by atoms with van der Waals surface area (Å²) in [6.45, 7) is 4.18. The number of hydrogen-bond acceptors (Lipinski definition) is 2. The number of rotatable bonds is 5. The summed E-state index contributed by atoms with van der Waals surface area (Å²) in [5, 5.41) is 12.2. The topological polar surface area (TPSA) is 58.9 Å². The summed E-state index contributed by atoms with van der Waals surface area (Å²) in [4.78, 5) is 14.2. The number of H-pyrrole nitrogens is 1. The predicted molar refractivity (Wildman–Crippen MR) is 92.5 cm³/mol. The van der Waals surface area contributed by atoms with E-state index in [1.807, 2.05) is 42.6 Å². The van der Waals surface area contributed by atoms with Crippen LogP contribution in [0.4, 0.5) is 0 Å². The molecule has 0 aliphatic carbocycles. The Kier molecular flexibility index (Phi) is 4.15. The first-order chi connectivity index (χ1) is 11.1. The molecule has 0 bridgehead atoms. The van der Waals surface area contributed by atoms with Crippen molar-refractivity contribution < 1.29 is 4.92 Å². The lowest BCUT2D eigenvalue weighted by Crippen LogP contribution is -2.13. The molecule has 4 nitrogen and oxygen atoms in total. The maximum absolute atomic E-state index is 11.2. The Balaban J connectivity index is 2.05. The number of aromatic nitrogens is 1. The van der Waals surface area contributed by atoms with E-state index in [-0.39, 0.29) is 17.4 Å². The van der Waals surface area contributed by atoms with Crippen molar-refractivity contribution in [2.24, 2.45) is 0 Å². The highest BCUT2D eigenvalue weighted by atomic mass is 16.6. The van der Waals surface area contributed by atoms with Gasteiger partial charge in [0.2, 0.25) is 6.54 Å². The van der Waals surface area contributed by atoms with Crippen LogP contribution in [0.25, 0.3) is 10.9 Å². The van der Waals surface area contributed by atoms with Crippen LogP contribution in [0.5, 0.6) is 0 Å². The summed E-state index contributed by atoms with van der Waals surface area (Å²) in [6, 6.07) is 16.1. The number of nitrogens with zero attached hydrogens (tertiary/aromatic N) is 1. The van der Waals surface area contributed by atoms with Gasteiger partial charge in [0.15, 0.2) is 0 Å². The van der Waals surface area contributed by atoms with Crippen molar-refractivity contribution in [2.75, 3.05) is 6.54 Å². The molecule has 1 aromatic heterocycles. The van der Waals surface area contributed by atoms with Gasteiger partial charge >= 0.3 is 0 Å². The number of nitro groups is 1. The first kappa shape index (κ1) is 15.3. The fourth-order valence-corrected chi connectivity index (χ4v) is 3.03. The van der Waals surface area contributed by atoms with Crippen LogP contribution in [0.3, 0.4) is 0 Å². The monoisotopic (exact) mass is 308 g/mol. The molecule has 0 spiro atoms. The third-order valence-corrected chi connectivity index (χ3v) is 4.33. The second-order valence-electron chi connectivity index (χ2n) is 6.18. The lowest BCUT2D eigenvalue weighted by Gasteiger charge is -2.14. The highest BCUT2D eigenvalue weighted by Crippen LogP contribution is 2.31. The van der Waals surface area contributed by atoms with Gasteiger partial charge in [0.25, 0.3) is 0 Å². The molecule has 0 saturated heterocycles. The summed E-state index contributed by atoms with van der Waals surface area (Å²) in [6.07, 6.45) is 1.90. The quantitative estimate of drug-likeness (QED) is 0.548. The molecule has 0 aliphatic heterocycles. The van der Waals surface area contributed by atoms with Gasteiger partial charge < -0.3 is 4.98 Å². The minimum Gasteiger partial charge on any atom is -0.361 e. The van der Waals surface area contributed by atoms with E-state index in [4.69, 9.17) is 0 Å². The van der Waals surface area contributed by atoms with E-state index in [1.165, 1.54) is 5.56 Å². The molecule has 0 unspecified atom stereocenters. The van der Waals surface area contributed by atoms with Crippen LogP contribution in [0.2, 0.25) is 0 Å². The first-order valence-corrected chi connectivity index (χ1v) is 7.84. The van der Waals surface area contributed by atoms with Crippen LogP contribution in [-0.2, 0) is 0 Å². The summed E-state index contributed by atoms with van der Waals surface area (Å²) >= 11 is 0. The van der Waals surface area contributed by atoms with Gasteiger partial charge in [-0.15, -0.1) is 0 Å². The molecule has 118 valence electrons. The zero-order valence-corrected chi connectivity index (χ0v) is 13.3. The van der Waals surface area contributed by atoms with E-state index in [0.717, 1.165) is 22.0 Å². The second kappa shape index (κ2) is 6.24. The molecular weight excluding hydrogens is 288 g/mol. The molecule has 0 radical (unpaired) electrons. The van der Waals surface area contributed by atoms with Crippen molar-refractivity contribution in [3.05, 3.63) is 81.5 Å². The molecule has 1 N–H and O–H groups in total. The minimum absolute atomic E-state index is 0.108. The van der Waals surface area contributed by atoms with E-state index >= 15 is 0 Å². The number of fused-ring (bicyclic) bond motifs is 1. The number of hydrogen-bond donors (Lipinski definition) is 1. The summed E-state index contributed by atoms with van der Waals surface area (Å²) in [5.41, 5.74) is 4.22. The average Bonchev–Trinajstić information content (AvgIpc) is 2.96. The zero-order valence-electron chi connectivity index (χ0n) is 13.3. The zero-order chi connectivity index (χ0) is 16.4. The van der Waals surface area contributed by atoms with Crippen LogP contribution in [0.15, 0.2) is 54.7 Å². The highest BCUT2D eigenvalue weighted by molar-refractivity contribution is 5.84. The van der Waals surface area contributed by atoms with Crippen LogP contribution < -0.4 is 0 Å². The van der Waals surface area contributed by atoms with Gasteiger partial charge in [0.05, 0.1) is 5.92 Å². The van der Waals surface area contributed by atoms with Gasteiger partial charge in [0.1, 0.15) is 0 Å². The Morgan fingerprint density at radius 3 is 2.35 bits per heavy atom. The molecule has 0 amide bonds. The Morgan fingerprint density at radius 2 is 1.70 bits per heavy atom. The summed E-state index contributed by atoms with van der Waals surface area (Å²) in [5.74, 6) is 0.202. The molecule has 0 fully saturated rings. The molecule has 1 atom stereocenters. The SMILES string of the molecule is CC(C)c1ccc([C@H](C[N+](=O)[O-])c2c[nH]c3ccccc23)cc1. The Labute approximate surface area is 135 Å². The Morgan fingerprint density at radius 1 is 1.04 bits per heavy atom. The molecule has 3 rings (SSSR count). The minimum atomic E-state index is -0.248. The van der Waals surface area contributed by atoms with Crippen LogP contribution in [0, 0.1) is 10.1 Å². The summed E-state index contributed by atoms with van der Waals surface area (Å²) in [7, 11) is 0.